The number of para-hydroxylation sites is 1. The maximum atomic E-state index is 13.5. The molecule has 0 aliphatic carbocycles. The van der Waals surface area contributed by atoms with Gasteiger partial charge in [-0.1, -0.05) is 36.0 Å². The van der Waals surface area contributed by atoms with Gasteiger partial charge in [0.2, 0.25) is 0 Å². The van der Waals surface area contributed by atoms with E-state index in [1.807, 2.05) is 53.2 Å². The number of aliphatic hydroxyl groups is 1. The van der Waals surface area contributed by atoms with Crippen LogP contribution in [-0.2, 0) is 4.74 Å². The molecule has 8 heteroatoms. The summed E-state index contributed by atoms with van der Waals surface area (Å²) in [5.74, 6) is 0.647. The lowest BCUT2D eigenvalue weighted by molar-refractivity contribution is 0.103. The lowest BCUT2D eigenvalue weighted by atomic mass is 10.2. The van der Waals surface area contributed by atoms with Crippen LogP contribution in [0.3, 0.4) is 0 Å². The first-order chi connectivity index (χ1) is 13.8. The van der Waals surface area contributed by atoms with Crippen molar-refractivity contribution in [3.63, 3.8) is 0 Å². The van der Waals surface area contributed by atoms with Gasteiger partial charge in [-0.05, 0) is 23.6 Å². The number of hydrogen-bond acceptors (Lipinski definition) is 7. The van der Waals surface area contributed by atoms with Crippen LogP contribution < -0.4 is 5.56 Å². The first-order valence-electron chi connectivity index (χ1n) is 8.74. The molecule has 0 radical (unpaired) electrons. The molecule has 0 atom stereocenters. The maximum absolute atomic E-state index is 13.5. The summed E-state index contributed by atoms with van der Waals surface area (Å²) in [7, 11) is 0. The molecule has 144 valence electrons. The fourth-order valence-electron chi connectivity index (χ4n) is 2.85. The number of hydrogen-bond donors (Lipinski definition) is 1. The van der Waals surface area contributed by atoms with Gasteiger partial charge in [0, 0.05) is 21.6 Å². The molecule has 3 heterocycles. The van der Waals surface area contributed by atoms with Crippen LogP contribution in [0.4, 0.5) is 0 Å². The lowest BCUT2D eigenvalue weighted by Gasteiger charge is -2.12. The fraction of sp³-hybridized carbons (Fsp3) is 0.200. The standard InChI is InChI=1S/C20H18N2O3S3/c23-8-9-25-10-12-27-20-21-18-17(15(13-28-18)16-7-4-11-26-16)19(24)22(20)14-5-2-1-3-6-14/h1-7,11,13,23H,8-10,12H2. The van der Waals surface area contributed by atoms with E-state index >= 15 is 0 Å². The summed E-state index contributed by atoms with van der Waals surface area (Å²) >= 11 is 4.60. The average Bonchev–Trinajstić information content (AvgIpc) is 3.38. The minimum absolute atomic E-state index is 0.00426. The Balaban J connectivity index is 1.81. The first-order valence-corrected chi connectivity index (χ1v) is 11.5. The highest BCUT2D eigenvalue weighted by Crippen LogP contribution is 2.35. The Morgan fingerprint density at radius 2 is 1.96 bits per heavy atom. The summed E-state index contributed by atoms with van der Waals surface area (Å²) in [5, 5.41) is 14.2. The van der Waals surface area contributed by atoms with Crippen molar-refractivity contribution in [1.29, 1.82) is 0 Å². The number of rotatable bonds is 8. The van der Waals surface area contributed by atoms with Gasteiger partial charge in [-0.25, -0.2) is 4.98 Å². The summed E-state index contributed by atoms with van der Waals surface area (Å²) in [4.78, 5) is 20.1. The van der Waals surface area contributed by atoms with Gasteiger partial charge in [0.15, 0.2) is 5.16 Å². The van der Waals surface area contributed by atoms with Crippen LogP contribution in [0, 0.1) is 0 Å². The predicted molar refractivity (Wildman–Crippen MR) is 117 cm³/mol. The minimum atomic E-state index is -0.0559. The number of fused-ring (bicyclic) bond motifs is 1. The van der Waals surface area contributed by atoms with Crippen molar-refractivity contribution in [2.75, 3.05) is 25.6 Å². The zero-order valence-corrected chi connectivity index (χ0v) is 17.4. The van der Waals surface area contributed by atoms with E-state index in [1.165, 1.54) is 23.1 Å². The van der Waals surface area contributed by atoms with E-state index in [0.29, 0.717) is 29.5 Å². The largest absolute Gasteiger partial charge is 0.394 e. The Morgan fingerprint density at radius 3 is 2.71 bits per heavy atom. The second kappa shape index (κ2) is 9.02. The van der Waals surface area contributed by atoms with Crippen LogP contribution in [0.15, 0.2) is 63.2 Å². The Hall–Kier alpha value is -1.97. The molecule has 1 aromatic carbocycles. The van der Waals surface area contributed by atoms with Crippen LogP contribution in [0.5, 0.6) is 0 Å². The molecule has 0 aliphatic rings. The van der Waals surface area contributed by atoms with Crippen LogP contribution in [0.1, 0.15) is 0 Å². The third kappa shape index (κ3) is 3.92. The van der Waals surface area contributed by atoms with Gasteiger partial charge in [0.25, 0.3) is 5.56 Å². The van der Waals surface area contributed by atoms with Crippen molar-refractivity contribution < 1.29 is 9.84 Å². The maximum Gasteiger partial charge on any atom is 0.268 e. The van der Waals surface area contributed by atoms with Crippen LogP contribution in [-0.4, -0.2) is 40.2 Å². The molecular weight excluding hydrogens is 412 g/mol. The highest BCUT2D eigenvalue weighted by molar-refractivity contribution is 7.99. The lowest BCUT2D eigenvalue weighted by Crippen LogP contribution is -2.21. The summed E-state index contributed by atoms with van der Waals surface area (Å²) < 4.78 is 7.02. The van der Waals surface area contributed by atoms with Crippen molar-refractivity contribution in [3.05, 3.63) is 63.6 Å². The molecule has 1 N–H and O–H groups in total. The van der Waals surface area contributed by atoms with Gasteiger partial charge in [-0.3, -0.25) is 9.36 Å². The van der Waals surface area contributed by atoms with Gasteiger partial charge in [0.05, 0.1) is 30.9 Å². The molecule has 5 nitrogen and oxygen atoms in total. The van der Waals surface area contributed by atoms with E-state index in [1.54, 1.807) is 15.9 Å². The Labute approximate surface area is 174 Å². The number of benzene rings is 1. The molecule has 4 aromatic rings. The van der Waals surface area contributed by atoms with E-state index in [4.69, 9.17) is 14.8 Å². The van der Waals surface area contributed by atoms with Crippen LogP contribution >= 0.6 is 34.4 Å². The predicted octanol–water partition coefficient (Wildman–Crippen LogP) is 4.28. The Bertz CT molecular complexity index is 1110. The van der Waals surface area contributed by atoms with E-state index in [0.717, 1.165) is 21.0 Å². The SMILES string of the molecule is O=c1c2c(-c3cccs3)csc2nc(SCCOCCO)n1-c1ccccc1. The first kappa shape index (κ1) is 19.4. The number of aliphatic hydroxyl groups excluding tert-OH is 1. The summed E-state index contributed by atoms with van der Waals surface area (Å²) in [6.07, 6.45) is 0. The van der Waals surface area contributed by atoms with Crippen molar-refractivity contribution in [3.8, 4) is 16.1 Å². The number of thioether (sulfide) groups is 1. The third-order valence-electron chi connectivity index (χ3n) is 4.07. The molecular formula is C20H18N2O3S3. The molecule has 0 bridgehead atoms. The minimum Gasteiger partial charge on any atom is -0.394 e. The monoisotopic (exact) mass is 430 g/mol. The van der Waals surface area contributed by atoms with Crippen molar-refractivity contribution in [1.82, 2.24) is 9.55 Å². The van der Waals surface area contributed by atoms with E-state index in [2.05, 4.69) is 0 Å². The highest BCUT2D eigenvalue weighted by atomic mass is 32.2. The van der Waals surface area contributed by atoms with E-state index in [-0.39, 0.29) is 12.2 Å². The number of aromatic nitrogens is 2. The molecule has 4 rings (SSSR count). The summed E-state index contributed by atoms with van der Waals surface area (Å²) in [6.45, 7) is 0.802. The second-order valence-electron chi connectivity index (χ2n) is 5.86. The number of thiophene rings is 2. The Kier molecular flexibility index (Phi) is 6.23. The van der Waals surface area contributed by atoms with Crippen molar-refractivity contribution in [2.24, 2.45) is 0 Å². The molecule has 0 amide bonds. The Morgan fingerprint density at radius 1 is 1.11 bits per heavy atom. The highest BCUT2D eigenvalue weighted by Gasteiger charge is 2.18. The second-order valence-corrected chi connectivity index (χ2v) is 8.73. The normalized spacial score (nSPS) is 11.3. The molecule has 0 saturated carbocycles. The fourth-order valence-corrected chi connectivity index (χ4v) is 5.51. The third-order valence-corrected chi connectivity index (χ3v) is 6.75. The smallest absolute Gasteiger partial charge is 0.268 e. The van der Waals surface area contributed by atoms with Gasteiger partial charge in [-0.2, -0.15) is 0 Å². The van der Waals surface area contributed by atoms with Crippen LogP contribution in [0.25, 0.3) is 26.3 Å². The molecule has 0 fully saturated rings. The quantitative estimate of drug-likeness (QED) is 0.257. The topological polar surface area (TPSA) is 64.3 Å². The summed E-state index contributed by atoms with van der Waals surface area (Å²) in [6, 6.07) is 13.6. The van der Waals surface area contributed by atoms with Gasteiger partial charge in [-0.15, -0.1) is 22.7 Å². The molecule has 28 heavy (non-hydrogen) atoms. The number of nitrogens with zero attached hydrogens (tertiary/aromatic N) is 2. The van der Waals surface area contributed by atoms with Crippen molar-refractivity contribution in [2.45, 2.75) is 5.16 Å². The van der Waals surface area contributed by atoms with Crippen molar-refractivity contribution >= 4 is 44.7 Å². The zero-order chi connectivity index (χ0) is 19.3. The van der Waals surface area contributed by atoms with Gasteiger partial charge < -0.3 is 9.84 Å². The van der Waals surface area contributed by atoms with E-state index < -0.39 is 0 Å². The summed E-state index contributed by atoms with van der Waals surface area (Å²) in [5.41, 5.74) is 1.68. The molecule has 0 saturated heterocycles. The molecule has 0 aliphatic heterocycles. The van der Waals surface area contributed by atoms with Gasteiger partial charge >= 0.3 is 0 Å². The molecule has 0 unspecified atom stereocenters. The molecule has 0 spiro atoms. The average molecular weight is 431 g/mol. The number of ether oxygens (including phenoxy) is 1. The van der Waals surface area contributed by atoms with Gasteiger partial charge in [0.1, 0.15) is 4.83 Å². The molecule has 3 aromatic heterocycles. The zero-order valence-electron chi connectivity index (χ0n) is 14.9. The van der Waals surface area contributed by atoms with Crippen LogP contribution in [0.2, 0.25) is 0 Å². The van der Waals surface area contributed by atoms with E-state index in [9.17, 15) is 4.79 Å².